The molecule has 1 aromatic carbocycles. The Morgan fingerprint density at radius 3 is 2.44 bits per heavy atom. The van der Waals surface area contributed by atoms with Crippen molar-refractivity contribution in [1.29, 1.82) is 0 Å². The van der Waals surface area contributed by atoms with Gasteiger partial charge in [-0.15, -0.1) is 0 Å². The van der Waals surface area contributed by atoms with Crippen LogP contribution in [0, 0.1) is 0 Å². The summed E-state index contributed by atoms with van der Waals surface area (Å²) in [7, 11) is 0. The molecular weight excluding hydrogens is 432 g/mol. The maximum absolute atomic E-state index is 12.0. The molecule has 2 aromatic rings. The van der Waals surface area contributed by atoms with Gasteiger partial charge in [-0.25, -0.2) is 4.98 Å². The fourth-order valence-electron chi connectivity index (χ4n) is 4.55. The second kappa shape index (κ2) is 10.1. The van der Waals surface area contributed by atoms with Crippen LogP contribution in [-0.2, 0) is 9.53 Å². The van der Waals surface area contributed by atoms with Crippen molar-refractivity contribution >= 4 is 34.8 Å². The first-order valence-electron chi connectivity index (χ1n) is 11.6. The van der Waals surface area contributed by atoms with Gasteiger partial charge in [0, 0.05) is 43.6 Å². The van der Waals surface area contributed by atoms with E-state index in [1.807, 2.05) is 24.3 Å². The summed E-state index contributed by atoms with van der Waals surface area (Å²) >= 11 is 0. The molecule has 0 spiro atoms. The first-order chi connectivity index (χ1) is 16.3. The number of nitrogens with two attached hydrogens (primary N) is 1. The highest BCUT2D eigenvalue weighted by Crippen LogP contribution is 2.27. The number of primary amides is 1. The van der Waals surface area contributed by atoms with Crippen LogP contribution in [0.5, 0.6) is 0 Å². The lowest BCUT2D eigenvalue weighted by atomic mass is 10.2. The molecule has 2 unspecified atom stereocenters. The van der Waals surface area contributed by atoms with Crippen molar-refractivity contribution in [3.8, 4) is 0 Å². The van der Waals surface area contributed by atoms with Gasteiger partial charge in [0.25, 0.3) is 5.91 Å². The van der Waals surface area contributed by atoms with Crippen molar-refractivity contribution in [2.45, 2.75) is 38.5 Å². The van der Waals surface area contributed by atoms with Gasteiger partial charge in [0.15, 0.2) is 0 Å². The zero-order valence-electron chi connectivity index (χ0n) is 19.7. The molecule has 4 N–H and O–H groups in total. The normalized spacial score (nSPS) is 22.4. The second-order valence-corrected chi connectivity index (χ2v) is 8.91. The van der Waals surface area contributed by atoms with Gasteiger partial charge in [-0.2, -0.15) is 0 Å². The summed E-state index contributed by atoms with van der Waals surface area (Å²) in [5.74, 6) is 0.392. The molecule has 1 aromatic heterocycles. The van der Waals surface area contributed by atoms with Crippen molar-refractivity contribution in [3.63, 3.8) is 0 Å². The van der Waals surface area contributed by atoms with Gasteiger partial charge < -0.3 is 30.9 Å². The Morgan fingerprint density at radius 2 is 1.79 bits per heavy atom. The molecule has 34 heavy (non-hydrogen) atoms. The Morgan fingerprint density at radius 1 is 1.09 bits per heavy atom. The van der Waals surface area contributed by atoms with Crippen molar-refractivity contribution in [2.75, 3.05) is 41.3 Å². The maximum Gasteiger partial charge on any atom is 0.252 e. The fraction of sp³-hybridized carbons (Fsp3) is 0.400. The highest BCUT2D eigenvalue weighted by atomic mass is 16.5. The van der Waals surface area contributed by atoms with Crippen LogP contribution in [0.2, 0.25) is 0 Å². The Hall–Kier alpha value is -3.59. The molecule has 2 fully saturated rings. The number of carbonyl (C=O) groups excluding carboxylic acids is 2. The number of morpholine rings is 1. The number of nitrogens with zero attached hydrogens (tertiary/aromatic N) is 3. The van der Waals surface area contributed by atoms with E-state index in [4.69, 9.17) is 15.5 Å². The van der Waals surface area contributed by atoms with Crippen molar-refractivity contribution < 1.29 is 14.3 Å². The number of rotatable bonds is 7. The molecule has 180 valence electrons. The minimum Gasteiger partial charge on any atom is -0.372 e. The van der Waals surface area contributed by atoms with Gasteiger partial charge in [-0.1, -0.05) is 6.58 Å². The molecule has 2 aliphatic heterocycles. The van der Waals surface area contributed by atoms with E-state index in [1.54, 1.807) is 12.1 Å². The number of hydrogen-bond acceptors (Lipinski definition) is 7. The number of nitrogens with one attached hydrogen (secondary N) is 2. The SMILES string of the molecule is C=CC(=O)N[C@H]1CCN(c2ccc(C(N)=O)c(Nc3ccc(N4CC(C)OC(C)C4)cc3)n2)C1. The van der Waals surface area contributed by atoms with E-state index < -0.39 is 5.91 Å². The van der Waals surface area contributed by atoms with E-state index in [0.717, 1.165) is 43.2 Å². The molecule has 0 radical (unpaired) electrons. The molecule has 2 amide bonds. The first kappa shape index (κ1) is 23.6. The summed E-state index contributed by atoms with van der Waals surface area (Å²) in [5, 5.41) is 6.18. The third-order valence-corrected chi connectivity index (χ3v) is 6.10. The number of ether oxygens (including phenoxy) is 1. The van der Waals surface area contributed by atoms with Crippen molar-refractivity contribution in [3.05, 3.63) is 54.6 Å². The molecule has 2 aliphatic rings. The minimum atomic E-state index is -0.549. The van der Waals surface area contributed by atoms with E-state index in [9.17, 15) is 9.59 Å². The van der Waals surface area contributed by atoms with Gasteiger partial charge in [0.1, 0.15) is 11.6 Å². The van der Waals surface area contributed by atoms with Crippen LogP contribution in [0.15, 0.2) is 49.1 Å². The maximum atomic E-state index is 12.0. The molecule has 3 atom stereocenters. The van der Waals surface area contributed by atoms with Crippen LogP contribution in [0.3, 0.4) is 0 Å². The quantitative estimate of drug-likeness (QED) is 0.540. The average Bonchev–Trinajstić information content (AvgIpc) is 3.27. The predicted octanol–water partition coefficient (Wildman–Crippen LogP) is 2.42. The molecular formula is C25H32N6O3. The smallest absolute Gasteiger partial charge is 0.252 e. The van der Waals surface area contributed by atoms with Crippen LogP contribution < -0.4 is 26.2 Å². The summed E-state index contributed by atoms with van der Waals surface area (Å²) in [6, 6.07) is 11.5. The van der Waals surface area contributed by atoms with Gasteiger partial charge in [-0.3, -0.25) is 9.59 Å². The van der Waals surface area contributed by atoms with Crippen molar-refractivity contribution in [1.82, 2.24) is 10.3 Å². The summed E-state index contributed by atoms with van der Waals surface area (Å²) in [6.45, 7) is 10.7. The first-order valence-corrected chi connectivity index (χ1v) is 11.6. The van der Waals surface area contributed by atoms with Crippen LogP contribution in [-0.4, -0.2) is 61.2 Å². The second-order valence-electron chi connectivity index (χ2n) is 8.91. The minimum absolute atomic E-state index is 0.0256. The molecule has 0 aliphatic carbocycles. The molecule has 2 saturated heterocycles. The number of pyridine rings is 1. The van der Waals surface area contributed by atoms with Gasteiger partial charge >= 0.3 is 0 Å². The van der Waals surface area contributed by atoms with E-state index >= 15 is 0 Å². The zero-order valence-corrected chi connectivity index (χ0v) is 19.7. The third kappa shape index (κ3) is 5.48. The predicted molar refractivity (Wildman–Crippen MR) is 134 cm³/mol. The fourth-order valence-corrected chi connectivity index (χ4v) is 4.55. The Bertz CT molecular complexity index is 1050. The summed E-state index contributed by atoms with van der Waals surface area (Å²) in [4.78, 5) is 32.7. The largest absolute Gasteiger partial charge is 0.372 e. The Balaban J connectivity index is 1.49. The summed E-state index contributed by atoms with van der Waals surface area (Å²) < 4.78 is 5.83. The Labute approximate surface area is 200 Å². The molecule has 4 rings (SSSR count). The Kier molecular flexibility index (Phi) is 7.02. The number of aromatic nitrogens is 1. The lowest BCUT2D eigenvalue weighted by molar-refractivity contribution is -0.117. The standard InChI is InChI=1S/C25H32N6O3/c1-4-23(32)27-19-11-12-30(15-19)22-10-9-21(24(26)33)25(29-22)28-18-5-7-20(8-6-18)31-13-16(2)34-17(3)14-31/h4-10,16-17,19H,1,11-15H2,2-3H3,(H2,26,33)(H,27,32)(H,28,29)/t16?,17?,19-/m0/s1. The molecule has 0 bridgehead atoms. The number of benzene rings is 1. The van der Waals surface area contributed by atoms with Crippen LogP contribution in [0.25, 0.3) is 0 Å². The van der Waals surface area contributed by atoms with Crippen molar-refractivity contribution in [2.24, 2.45) is 5.73 Å². The number of carbonyl (C=O) groups is 2. The number of amides is 2. The van der Waals surface area contributed by atoms with E-state index in [2.05, 4.69) is 40.9 Å². The summed E-state index contributed by atoms with van der Waals surface area (Å²) in [5.41, 5.74) is 7.85. The molecule has 3 heterocycles. The monoisotopic (exact) mass is 464 g/mol. The molecule has 9 heteroatoms. The lowest BCUT2D eigenvalue weighted by Gasteiger charge is -2.36. The van der Waals surface area contributed by atoms with Gasteiger partial charge in [0.2, 0.25) is 5.91 Å². The molecule has 0 saturated carbocycles. The van der Waals surface area contributed by atoms with Crippen LogP contribution in [0.4, 0.5) is 23.0 Å². The van der Waals surface area contributed by atoms with E-state index in [0.29, 0.717) is 17.9 Å². The highest BCUT2D eigenvalue weighted by Gasteiger charge is 2.26. The number of anilines is 4. The average molecular weight is 465 g/mol. The number of hydrogen-bond donors (Lipinski definition) is 3. The van der Waals surface area contributed by atoms with E-state index in [-0.39, 0.29) is 24.2 Å². The van der Waals surface area contributed by atoms with Gasteiger partial charge in [0.05, 0.1) is 17.8 Å². The van der Waals surface area contributed by atoms with Gasteiger partial charge in [-0.05, 0) is 62.7 Å². The molecule has 9 nitrogen and oxygen atoms in total. The summed E-state index contributed by atoms with van der Waals surface area (Å²) in [6.07, 6.45) is 2.45. The van der Waals surface area contributed by atoms with E-state index in [1.165, 1.54) is 6.08 Å². The van der Waals surface area contributed by atoms with Crippen LogP contribution in [0.1, 0.15) is 30.6 Å². The van der Waals surface area contributed by atoms with Crippen LogP contribution >= 0.6 is 0 Å². The zero-order chi connectivity index (χ0) is 24.2. The topological polar surface area (TPSA) is 113 Å². The highest BCUT2D eigenvalue weighted by molar-refractivity contribution is 5.98. The third-order valence-electron chi connectivity index (χ3n) is 6.10. The lowest BCUT2D eigenvalue weighted by Crippen LogP contribution is -2.45.